The zero-order chi connectivity index (χ0) is 7.56. The Bertz CT molecular complexity index is 237. The molecule has 1 rings (SSSR count). The van der Waals surface area contributed by atoms with Gasteiger partial charge in [0.25, 0.3) is 0 Å². The maximum atomic E-state index is 9.07. The first-order chi connectivity index (χ1) is 4.74. The molecule has 0 amide bonds. The monoisotopic (exact) mass is 157 g/mol. The van der Waals surface area contributed by atoms with Crippen molar-refractivity contribution in [2.45, 2.75) is 13.3 Å². The van der Waals surface area contributed by atoms with E-state index in [1.165, 1.54) is 6.20 Å². The van der Waals surface area contributed by atoms with Crippen LogP contribution in [0.2, 0.25) is 5.02 Å². The zero-order valence-corrected chi connectivity index (χ0v) is 6.39. The van der Waals surface area contributed by atoms with E-state index in [0.29, 0.717) is 5.02 Å². The number of hydrogen-bond acceptors (Lipinski definition) is 2. The molecule has 0 atom stereocenters. The predicted molar refractivity (Wildman–Crippen MR) is 40.3 cm³/mol. The van der Waals surface area contributed by atoms with E-state index in [1.807, 2.05) is 6.92 Å². The van der Waals surface area contributed by atoms with Crippen LogP contribution in [0, 0.1) is 0 Å². The van der Waals surface area contributed by atoms with E-state index in [2.05, 4.69) is 4.98 Å². The number of pyridine rings is 1. The largest absolute Gasteiger partial charge is 0.493 e. The van der Waals surface area contributed by atoms with Crippen molar-refractivity contribution in [2.75, 3.05) is 0 Å². The van der Waals surface area contributed by atoms with Gasteiger partial charge in [0.15, 0.2) is 0 Å². The average Bonchev–Trinajstić information content (AvgIpc) is 1.94. The summed E-state index contributed by atoms with van der Waals surface area (Å²) in [7, 11) is 0. The first kappa shape index (κ1) is 7.35. The molecule has 0 saturated carbocycles. The Balaban J connectivity index is 3.09. The highest BCUT2D eigenvalue weighted by Gasteiger charge is 1.99. The van der Waals surface area contributed by atoms with Gasteiger partial charge in [-0.15, -0.1) is 0 Å². The maximum Gasteiger partial charge on any atom is 0.214 e. The molecule has 1 N–H and O–H groups in total. The molecule has 0 aliphatic carbocycles. The predicted octanol–water partition coefficient (Wildman–Crippen LogP) is 2.00. The first-order valence-corrected chi connectivity index (χ1v) is 3.45. The molecule has 1 aromatic heterocycles. The minimum absolute atomic E-state index is 0.0758. The molecule has 0 radical (unpaired) electrons. The Kier molecular flexibility index (Phi) is 2.12. The summed E-state index contributed by atoms with van der Waals surface area (Å²) in [4.78, 5) is 3.67. The van der Waals surface area contributed by atoms with E-state index < -0.39 is 0 Å². The van der Waals surface area contributed by atoms with Crippen molar-refractivity contribution in [3.63, 3.8) is 0 Å². The van der Waals surface area contributed by atoms with Gasteiger partial charge >= 0.3 is 0 Å². The Morgan fingerprint density at radius 2 is 2.40 bits per heavy atom. The van der Waals surface area contributed by atoms with Gasteiger partial charge in [-0.25, -0.2) is 4.98 Å². The lowest BCUT2D eigenvalue weighted by molar-refractivity contribution is 0.447. The Morgan fingerprint density at radius 1 is 1.70 bits per heavy atom. The number of nitrogens with zero attached hydrogens (tertiary/aromatic N) is 1. The third-order valence-electron chi connectivity index (χ3n) is 1.29. The molecule has 0 fully saturated rings. The summed E-state index contributed by atoms with van der Waals surface area (Å²) in [6, 6.07) is 1.71. The number of aryl methyl sites for hydroxylation is 1. The SMILES string of the molecule is CCc1cc(Cl)cnc1O. The van der Waals surface area contributed by atoms with Gasteiger partial charge in [-0.05, 0) is 12.5 Å². The summed E-state index contributed by atoms with van der Waals surface area (Å²) in [5.41, 5.74) is 0.785. The molecule has 54 valence electrons. The molecule has 3 heteroatoms. The minimum Gasteiger partial charge on any atom is -0.493 e. The van der Waals surface area contributed by atoms with Crippen LogP contribution in [0.25, 0.3) is 0 Å². The van der Waals surface area contributed by atoms with Crippen LogP contribution in [0.5, 0.6) is 5.88 Å². The molecule has 10 heavy (non-hydrogen) atoms. The van der Waals surface area contributed by atoms with Crippen molar-refractivity contribution in [1.82, 2.24) is 4.98 Å². The van der Waals surface area contributed by atoms with Gasteiger partial charge in [-0.2, -0.15) is 0 Å². The summed E-state index contributed by atoms with van der Waals surface area (Å²) >= 11 is 5.62. The van der Waals surface area contributed by atoms with Gasteiger partial charge in [0, 0.05) is 11.8 Å². The van der Waals surface area contributed by atoms with Crippen molar-refractivity contribution < 1.29 is 5.11 Å². The van der Waals surface area contributed by atoms with E-state index in [1.54, 1.807) is 6.07 Å². The Morgan fingerprint density at radius 3 is 2.90 bits per heavy atom. The lowest BCUT2D eigenvalue weighted by Crippen LogP contribution is -1.83. The molecule has 0 aromatic carbocycles. The van der Waals surface area contributed by atoms with Gasteiger partial charge in [0.2, 0.25) is 5.88 Å². The number of aromatic hydroxyl groups is 1. The molecule has 1 aromatic rings. The number of hydrogen-bond donors (Lipinski definition) is 1. The molecular weight excluding hydrogens is 150 g/mol. The van der Waals surface area contributed by atoms with Crippen LogP contribution in [0.3, 0.4) is 0 Å². The standard InChI is InChI=1S/C7H8ClNO/c1-2-5-3-6(8)4-9-7(5)10/h3-4H,2H2,1H3,(H,9,10). The fourth-order valence-corrected chi connectivity index (χ4v) is 0.915. The van der Waals surface area contributed by atoms with Crippen LogP contribution in [0.4, 0.5) is 0 Å². The molecule has 2 nitrogen and oxygen atoms in total. The fraction of sp³-hybridized carbons (Fsp3) is 0.286. The summed E-state index contributed by atoms with van der Waals surface area (Å²) in [5.74, 6) is 0.0758. The van der Waals surface area contributed by atoms with Crippen LogP contribution < -0.4 is 0 Å². The molecule has 0 aliphatic heterocycles. The van der Waals surface area contributed by atoms with Crippen LogP contribution >= 0.6 is 11.6 Å². The summed E-state index contributed by atoms with van der Waals surface area (Å²) < 4.78 is 0. The molecule has 0 unspecified atom stereocenters. The molecule has 0 spiro atoms. The highest BCUT2D eigenvalue weighted by atomic mass is 35.5. The zero-order valence-electron chi connectivity index (χ0n) is 5.63. The summed E-state index contributed by atoms with van der Waals surface area (Å²) in [5, 5.41) is 9.63. The third kappa shape index (κ3) is 1.39. The van der Waals surface area contributed by atoms with E-state index in [4.69, 9.17) is 16.7 Å². The molecule has 1 heterocycles. The van der Waals surface area contributed by atoms with Gasteiger partial charge in [-0.3, -0.25) is 0 Å². The summed E-state index contributed by atoms with van der Waals surface area (Å²) in [6.45, 7) is 1.94. The van der Waals surface area contributed by atoms with Crippen molar-refractivity contribution in [3.05, 3.63) is 22.8 Å². The topological polar surface area (TPSA) is 33.1 Å². The number of aromatic nitrogens is 1. The number of rotatable bonds is 1. The second-order valence-corrected chi connectivity index (χ2v) is 2.43. The molecule has 0 aliphatic rings. The highest BCUT2D eigenvalue weighted by Crippen LogP contribution is 2.17. The number of halogens is 1. The average molecular weight is 158 g/mol. The maximum absolute atomic E-state index is 9.07. The van der Waals surface area contributed by atoms with Gasteiger partial charge < -0.3 is 5.11 Å². The second-order valence-electron chi connectivity index (χ2n) is 1.99. The lowest BCUT2D eigenvalue weighted by Gasteiger charge is -1.98. The van der Waals surface area contributed by atoms with E-state index in [-0.39, 0.29) is 5.88 Å². The van der Waals surface area contributed by atoms with Crippen LogP contribution in [-0.4, -0.2) is 10.1 Å². The van der Waals surface area contributed by atoms with Crippen molar-refractivity contribution in [2.24, 2.45) is 0 Å². The van der Waals surface area contributed by atoms with Gasteiger partial charge in [0.1, 0.15) is 0 Å². The fourth-order valence-electron chi connectivity index (χ4n) is 0.734. The first-order valence-electron chi connectivity index (χ1n) is 3.07. The van der Waals surface area contributed by atoms with Crippen LogP contribution in [0.15, 0.2) is 12.3 Å². The van der Waals surface area contributed by atoms with Crippen molar-refractivity contribution in [3.8, 4) is 5.88 Å². The van der Waals surface area contributed by atoms with Gasteiger partial charge in [-0.1, -0.05) is 18.5 Å². The van der Waals surface area contributed by atoms with Crippen LogP contribution in [-0.2, 0) is 6.42 Å². The molecule has 0 saturated heterocycles. The molecule has 0 bridgehead atoms. The van der Waals surface area contributed by atoms with Crippen LogP contribution in [0.1, 0.15) is 12.5 Å². The Labute approximate surface area is 64.5 Å². The van der Waals surface area contributed by atoms with E-state index >= 15 is 0 Å². The third-order valence-corrected chi connectivity index (χ3v) is 1.50. The van der Waals surface area contributed by atoms with Crippen molar-refractivity contribution in [1.29, 1.82) is 0 Å². The normalized spacial score (nSPS) is 9.80. The Hall–Kier alpha value is -0.760. The smallest absolute Gasteiger partial charge is 0.214 e. The lowest BCUT2D eigenvalue weighted by atomic mass is 10.2. The molecular formula is C7H8ClNO. The summed E-state index contributed by atoms with van der Waals surface area (Å²) in [6.07, 6.45) is 2.18. The minimum atomic E-state index is 0.0758. The van der Waals surface area contributed by atoms with Gasteiger partial charge in [0.05, 0.1) is 5.02 Å². The second kappa shape index (κ2) is 2.88. The highest BCUT2D eigenvalue weighted by molar-refractivity contribution is 6.30. The van der Waals surface area contributed by atoms with E-state index in [0.717, 1.165) is 12.0 Å². The van der Waals surface area contributed by atoms with E-state index in [9.17, 15) is 0 Å². The van der Waals surface area contributed by atoms with Crippen molar-refractivity contribution >= 4 is 11.6 Å². The quantitative estimate of drug-likeness (QED) is 0.677.